The summed E-state index contributed by atoms with van der Waals surface area (Å²) >= 11 is 0. The highest BCUT2D eigenvalue weighted by atomic mass is 16.1. The Kier molecular flexibility index (Phi) is 2.48. The molecule has 4 nitrogen and oxygen atoms in total. The van der Waals surface area contributed by atoms with E-state index in [1.54, 1.807) is 12.4 Å². The van der Waals surface area contributed by atoms with Gasteiger partial charge in [0.15, 0.2) is 0 Å². The summed E-state index contributed by atoms with van der Waals surface area (Å²) in [6, 6.07) is 0. The number of hydrogen-bond acceptors (Lipinski definition) is 4. The predicted molar refractivity (Wildman–Crippen MR) is 56.7 cm³/mol. The van der Waals surface area contributed by atoms with E-state index in [2.05, 4.69) is 14.9 Å². The highest BCUT2D eigenvalue weighted by Gasteiger charge is 2.17. The van der Waals surface area contributed by atoms with Crippen LogP contribution in [-0.2, 0) is 4.79 Å². The summed E-state index contributed by atoms with van der Waals surface area (Å²) in [4.78, 5) is 21.5. The number of anilines is 1. The molecule has 1 aromatic heterocycles. The van der Waals surface area contributed by atoms with Gasteiger partial charge in [0.25, 0.3) is 0 Å². The highest BCUT2D eigenvalue weighted by Crippen LogP contribution is 2.11. The van der Waals surface area contributed by atoms with E-state index in [1.165, 1.54) is 0 Å². The second kappa shape index (κ2) is 3.78. The van der Waals surface area contributed by atoms with Crippen molar-refractivity contribution in [3.8, 4) is 0 Å². The first-order chi connectivity index (χ1) is 6.75. The third-order valence-corrected chi connectivity index (χ3v) is 2.37. The van der Waals surface area contributed by atoms with Gasteiger partial charge in [-0.3, -0.25) is 4.79 Å². The van der Waals surface area contributed by atoms with Gasteiger partial charge < -0.3 is 4.90 Å². The summed E-state index contributed by atoms with van der Waals surface area (Å²) in [5, 5.41) is 0. The maximum Gasteiger partial charge on any atom is 0.225 e. The van der Waals surface area contributed by atoms with Crippen LogP contribution in [0.3, 0.4) is 0 Å². The van der Waals surface area contributed by atoms with Gasteiger partial charge in [-0.25, -0.2) is 9.97 Å². The molecule has 2 heterocycles. The lowest BCUT2D eigenvalue weighted by Gasteiger charge is -2.25. The van der Waals surface area contributed by atoms with Crippen LogP contribution in [0.4, 0.5) is 5.95 Å². The predicted octanol–water partition coefficient (Wildman–Crippen LogP) is -1.10. The summed E-state index contributed by atoms with van der Waals surface area (Å²) < 4.78 is 0. The molecule has 0 amide bonds. The van der Waals surface area contributed by atoms with Crippen LogP contribution in [0.25, 0.3) is 0 Å². The Hall–Kier alpha value is -1.39. The zero-order valence-electron chi connectivity index (χ0n) is 8.23. The first-order valence-electron chi connectivity index (χ1n) is 4.81. The molecule has 0 aliphatic carbocycles. The van der Waals surface area contributed by atoms with Crippen molar-refractivity contribution in [3.05, 3.63) is 12.4 Å². The van der Waals surface area contributed by atoms with Crippen LogP contribution in [-0.4, -0.2) is 36.7 Å². The topological polar surface area (TPSA) is 46.1 Å². The number of carbonyl (C=O) groups is 1. The van der Waals surface area contributed by atoms with Crippen LogP contribution < -0.4 is 10.4 Å². The Balaban J connectivity index is 2.08. The molecule has 0 atom stereocenters. The molecule has 72 valence electrons. The molecular formula is C9H12BN3O. The minimum Gasteiger partial charge on any atom is -0.340 e. The molecule has 5 heteroatoms. The van der Waals surface area contributed by atoms with Crippen molar-refractivity contribution >= 4 is 25.0 Å². The number of hydrogen-bond donors (Lipinski definition) is 0. The number of rotatable bonds is 1. The number of piperidine rings is 1. The third kappa shape index (κ3) is 1.92. The first kappa shape index (κ1) is 9.18. The summed E-state index contributed by atoms with van der Waals surface area (Å²) in [7, 11) is 1.96. The number of aromatic nitrogens is 2. The Labute approximate surface area is 83.8 Å². The van der Waals surface area contributed by atoms with Gasteiger partial charge in [-0.2, -0.15) is 0 Å². The van der Waals surface area contributed by atoms with Crippen molar-refractivity contribution in [3.63, 3.8) is 0 Å². The molecule has 0 aromatic carbocycles. The van der Waals surface area contributed by atoms with Gasteiger partial charge in [-0.15, -0.1) is 0 Å². The van der Waals surface area contributed by atoms with Gasteiger partial charge in [0.1, 0.15) is 13.6 Å². The fraction of sp³-hybridized carbons (Fsp3) is 0.444. The van der Waals surface area contributed by atoms with Gasteiger partial charge in [0.05, 0.1) is 0 Å². The largest absolute Gasteiger partial charge is 0.340 e. The van der Waals surface area contributed by atoms with E-state index in [0.29, 0.717) is 18.6 Å². The molecule has 1 fully saturated rings. The SMILES string of the molecule is Bc1cnc(N2CCC(=O)CC2)nc1. The lowest BCUT2D eigenvalue weighted by atomic mass is 10.0. The quantitative estimate of drug-likeness (QED) is 0.526. The number of ketones is 1. The molecule has 0 unspecified atom stereocenters. The van der Waals surface area contributed by atoms with E-state index in [0.717, 1.165) is 24.5 Å². The first-order valence-corrected chi connectivity index (χ1v) is 4.81. The molecule has 0 spiro atoms. The summed E-state index contributed by atoms with van der Waals surface area (Å²) in [6.45, 7) is 1.50. The van der Waals surface area contributed by atoms with Gasteiger partial charge in [0.2, 0.25) is 5.95 Å². The minimum atomic E-state index is 0.341. The fourth-order valence-corrected chi connectivity index (χ4v) is 1.51. The minimum absolute atomic E-state index is 0.341. The molecule has 1 aromatic rings. The standard InChI is InChI=1S/C9H12BN3O/c10-7-5-11-9(12-6-7)13-3-1-8(14)2-4-13/h5-6H,1-4,10H2. The molecule has 0 saturated carbocycles. The van der Waals surface area contributed by atoms with Gasteiger partial charge in [-0.05, 0) is 0 Å². The Morgan fingerprint density at radius 3 is 2.36 bits per heavy atom. The normalized spacial score (nSPS) is 17.1. The summed E-state index contributed by atoms with van der Waals surface area (Å²) in [5.41, 5.74) is 1.06. The molecule has 1 aliphatic heterocycles. The summed E-state index contributed by atoms with van der Waals surface area (Å²) in [6.07, 6.45) is 4.85. The highest BCUT2D eigenvalue weighted by molar-refractivity contribution is 6.31. The van der Waals surface area contributed by atoms with Crippen molar-refractivity contribution in [1.82, 2.24) is 9.97 Å². The second-order valence-electron chi connectivity index (χ2n) is 3.59. The zero-order chi connectivity index (χ0) is 9.97. The molecule has 0 bridgehead atoms. The van der Waals surface area contributed by atoms with E-state index in [9.17, 15) is 4.79 Å². The fourth-order valence-electron chi connectivity index (χ4n) is 1.51. The van der Waals surface area contributed by atoms with Crippen molar-refractivity contribution in [2.45, 2.75) is 12.8 Å². The number of nitrogens with zero attached hydrogens (tertiary/aromatic N) is 3. The van der Waals surface area contributed by atoms with E-state index in [4.69, 9.17) is 0 Å². The lowest BCUT2D eigenvalue weighted by Crippen LogP contribution is -2.35. The van der Waals surface area contributed by atoms with Crippen molar-refractivity contribution in [1.29, 1.82) is 0 Å². The lowest BCUT2D eigenvalue weighted by molar-refractivity contribution is -0.119. The molecule has 0 radical (unpaired) electrons. The summed E-state index contributed by atoms with van der Waals surface area (Å²) in [5.74, 6) is 1.08. The van der Waals surface area contributed by atoms with Gasteiger partial charge in [-0.1, -0.05) is 5.46 Å². The van der Waals surface area contributed by atoms with E-state index >= 15 is 0 Å². The maximum absolute atomic E-state index is 11.0. The van der Waals surface area contributed by atoms with Crippen LogP contribution in [0, 0.1) is 0 Å². The zero-order valence-corrected chi connectivity index (χ0v) is 8.23. The molecule has 14 heavy (non-hydrogen) atoms. The average Bonchev–Trinajstić information content (AvgIpc) is 2.21. The van der Waals surface area contributed by atoms with Crippen LogP contribution >= 0.6 is 0 Å². The average molecular weight is 189 g/mol. The van der Waals surface area contributed by atoms with Gasteiger partial charge in [0, 0.05) is 38.3 Å². The molecule has 1 saturated heterocycles. The Morgan fingerprint density at radius 1 is 1.21 bits per heavy atom. The second-order valence-corrected chi connectivity index (χ2v) is 3.59. The maximum atomic E-state index is 11.0. The Morgan fingerprint density at radius 2 is 1.79 bits per heavy atom. The van der Waals surface area contributed by atoms with Crippen molar-refractivity contribution < 1.29 is 4.79 Å². The van der Waals surface area contributed by atoms with Gasteiger partial charge >= 0.3 is 0 Å². The monoisotopic (exact) mass is 189 g/mol. The third-order valence-electron chi connectivity index (χ3n) is 2.37. The molecular weight excluding hydrogens is 177 g/mol. The van der Waals surface area contributed by atoms with Crippen molar-refractivity contribution in [2.75, 3.05) is 18.0 Å². The van der Waals surface area contributed by atoms with Crippen LogP contribution in [0.2, 0.25) is 0 Å². The number of carbonyl (C=O) groups excluding carboxylic acids is 1. The van der Waals surface area contributed by atoms with Crippen molar-refractivity contribution in [2.24, 2.45) is 0 Å². The smallest absolute Gasteiger partial charge is 0.225 e. The Bertz CT molecular complexity index is 328. The molecule has 1 aliphatic rings. The van der Waals surface area contributed by atoms with E-state index < -0.39 is 0 Å². The number of Topliss-reactive ketones (excluding diaryl/α,β-unsaturated/α-hetero) is 1. The van der Waals surface area contributed by atoms with E-state index in [1.807, 2.05) is 7.85 Å². The van der Waals surface area contributed by atoms with Crippen LogP contribution in [0.1, 0.15) is 12.8 Å². The van der Waals surface area contributed by atoms with Crippen LogP contribution in [0.15, 0.2) is 12.4 Å². The molecule has 0 N–H and O–H groups in total. The molecule has 2 rings (SSSR count). The van der Waals surface area contributed by atoms with Crippen LogP contribution in [0.5, 0.6) is 0 Å². The van der Waals surface area contributed by atoms with E-state index in [-0.39, 0.29) is 0 Å².